The summed E-state index contributed by atoms with van der Waals surface area (Å²) in [6.45, 7) is 0. The number of carbonyl (C=O) groups is 1. The maximum atomic E-state index is 13.0. The van der Waals surface area contributed by atoms with Crippen molar-refractivity contribution in [1.29, 1.82) is 0 Å². The first-order valence-electron chi connectivity index (χ1n) is 8.93. The molecule has 2 N–H and O–H groups in total. The van der Waals surface area contributed by atoms with E-state index < -0.39 is 11.6 Å². The van der Waals surface area contributed by atoms with Gasteiger partial charge in [-0.3, -0.25) is 0 Å². The van der Waals surface area contributed by atoms with Gasteiger partial charge in [0, 0.05) is 16.0 Å². The van der Waals surface area contributed by atoms with E-state index in [4.69, 9.17) is 16.3 Å². The number of hydrogen-bond acceptors (Lipinski definition) is 5. The van der Waals surface area contributed by atoms with E-state index in [0.29, 0.717) is 21.0 Å². The predicted octanol–water partition coefficient (Wildman–Crippen LogP) is 5.80. The van der Waals surface area contributed by atoms with Gasteiger partial charge in [0.15, 0.2) is 5.60 Å². The summed E-state index contributed by atoms with van der Waals surface area (Å²) in [6.07, 6.45) is -0.00683. The van der Waals surface area contributed by atoms with Crippen molar-refractivity contribution in [3.05, 3.63) is 106 Å². The zero-order chi connectivity index (χ0) is 20.4. The average molecular weight is 425 g/mol. The van der Waals surface area contributed by atoms with Crippen LogP contribution in [0.5, 0.6) is 5.75 Å². The number of aromatic hydroxyl groups is 1. The molecule has 4 nitrogen and oxygen atoms in total. The smallest absolute Gasteiger partial charge is 0.349 e. The van der Waals surface area contributed by atoms with Crippen LogP contribution in [0.1, 0.15) is 17.5 Å². The third-order valence-corrected chi connectivity index (χ3v) is 6.38. The van der Waals surface area contributed by atoms with Crippen LogP contribution in [-0.2, 0) is 15.1 Å². The topological polar surface area (TPSA) is 66.8 Å². The molecular formula is C23H17ClO4S. The molecule has 0 unspecified atom stereocenters. The lowest BCUT2D eigenvalue weighted by Gasteiger charge is -2.38. The van der Waals surface area contributed by atoms with Gasteiger partial charge in [-0.2, -0.15) is 0 Å². The number of halogens is 1. The van der Waals surface area contributed by atoms with Crippen LogP contribution in [0.2, 0.25) is 5.02 Å². The third kappa shape index (κ3) is 3.59. The molecule has 4 rings (SSSR count). The van der Waals surface area contributed by atoms with Gasteiger partial charge in [-0.15, -0.1) is 0 Å². The molecule has 0 spiro atoms. The molecule has 0 aromatic heterocycles. The Morgan fingerprint density at radius 3 is 2.24 bits per heavy atom. The quantitative estimate of drug-likeness (QED) is 0.518. The number of aliphatic hydroxyl groups is 1. The second kappa shape index (κ2) is 7.85. The number of para-hydroxylation sites is 1. The Hall–Kier alpha value is -2.89. The van der Waals surface area contributed by atoms with Gasteiger partial charge < -0.3 is 14.9 Å². The fraction of sp³-hybridized carbons (Fsp3) is 0.0870. The van der Waals surface area contributed by atoms with E-state index in [1.54, 1.807) is 54.6 Å². The second-order valence-corrected chi connectivity index (χ2v) is 8.04. The van der Waals surface area contributed by atoms with Gasteiger partial charge in [-0.1, -0.05) is 84.0 Å². The number of carbonyl (C=O) groups excluding carboxylic acids is 1. The van der Waals surface area contributed by atoms with Gasteiger partial charge in [0.1, 0.15) is 16.4 Å². The summed E-state index contributed by atoms with van der Waals surface area (Å²) in [4.78, 5) is 13.7. The minimum atomic E-state index is -1.34. The number of hydrogen-bond donors (Lipinski definition) is 2. The molecule has 1 atom stereocenters. The number of thioether (sulfide) groups is 1. The van der Waals surface area contributed by atoms with Crippen LogP contribution >= 0.6 is 23.4 Å². The van der Waals surface area contributed by atoms with Crippen molar-refractivity contribution < 1.29 is 19.7 Å². The summed E-state index contributed by atoms with van der Waals surface area (Å²) >= 11 is 7.26. The highest BCUT2D eigenvalue weighted by atomic mass is 35.5. The highest BCUT2D eigenvalue weighted by Gasteiger charge is 2.46. The number of benzene rings is 3. The molecule has 0 bridgehead atoms. The standard InChI is InChI=1S/C23H17ClO4S/c24-17-11-5-7-13-20(17)29-21-19(26)14-23(28-22(21)27,15-8-2-1-3-9-15)16-10-4-6-12-18(16)25/h1-13,25-26H,14H2/t23-/m0/s1. The molecular weight excluding hydrogens is 408 g/mol. The van der Waals surface area contributed by atoms with Crippen LogP contribution in [0, 0.1) is 0 Å². The fourth-order valence-corrected chi connectivity index (χ4v) is 4.50. The monoisotopic (exact) mass is 424 g/mol. The molecule has 3 aromatic carbocycles. The Bertz CT molecular complexity index is 1100. The Morgan fingerprint density at radius 1 is 0.897 bits per heavy atom. The summed E-state index contributed by atoms with van der Waals surface area (Å²) in [5.74, 6) is -0.803. The van der Waals surface area contributed by atoms with Crippen LogP contribution in [0.4, 0.5) is 0 Å². The van der Waals surface area contributed by atoms with E-state index in [0.717, 1.165) is 11.8 Å². The van der Waals surface area contributed by atoms with E-state index >= 15 is 0 Å². The maximum Gasteiger partial charge on any atom is 0.349 e. The van der Waals surface area contributed by atoms with E-state index in [-0.39, 0.29) is 22.8 Å². The van der Waals surface area contributed by atoms with Crippen LogP contribution in [0.3, 0.4) is 0 Å². The van der Waals surface area contributed by atoms with E-state index in [1.165, 1.54) is 6.07 Å². The van der Waals surface area contributed by atoms with Crippen molar-refractivity contribution in [3.8, 4) is 5.75 Å². The predicted molar refractivity (Wildman–Crippen MR) is 113 cm³/mol. The zero-order valence-corrected chi connectivity index (χ0v) is 16.8. The van der Waals surface area contributed by atoms with Gasteiger partial charge in [0.05, 0.1) is 11.4 Å². The van der Waals surface area contributed by atoms with Crippen LogP contribution < -0.4 is 0 Å². The molecule has 1 heterocycles. The van der Waals surface area contributed by atoms with Crippen molar-refractivity contribution in [2.45, 2.75) is 16.9 Å². The average Bonchev–Trinajstić information content (AvgIpc) is 2.73. The first-order chi connectivity index (χ1) is 14.0. The SMILES string of the molecule is O=C1O[C@@](c2ccccc2)(c2ccccc2O)CC(O)=C1Sc1ccccc1Cl. The molecule has 0 saturated carbocycles. The van der Waals surface area contributed by atoms with Gasteiger partial charge >= 0.3 is 5.97 Å². The Kier molecular flexibility index (Phi) is 5.26. The molecule has 3 aromatic rings. The summed E-state index contributed by atoms with van der Waals surface area (Å²) in [6, 6.07) is 22.8. The van der Waals surface area contributed by atoms with Gasteiger partial charge in [0.25, 0.3) is 0 Å². The van der Waals surface area contributed by atoms with E-state index in [9.17, 15) is 15.0 Å². The molecule has 0 radical (unpaired) electrons. The van der Waals surface area contributed by atoms with E-state index in [1.807, 2.05) is 18.2 Å². The lowest BCUT2D eigenvalue weighted by molar-refractivity contribution is -0.154. The molecule has 1 aliphatic rings. The normalized spacial score (nSPS) is 19.1. The lowest BCUT2D eigenvalue weighted by atomic mass is 9.81. The van der Waals surface area contributed by atoms with Gasteiger partial charge in [-0.05, 0) is 18.2 Å². The molecule has 0 fully saturated rings. The molecule has 0 aliphatic carbocycles. The van der Waals surface area contributed by atoms with E-state index in [2.05, 4.69) is 0 Å². The summed E-state index contributed by atoms with van der Waals surface area (Å²) in [7, 11) is 0. The molecule has 1 aliphatic heterocycles. The zero-order valence-electron chi connectivity index (χ0n) is 15.2. The van der Waals surface area contributed by atoms with Gasteiger partial charge in [0.2, 0.25) is 0 Å². The number of esters is 1. The first kappa shape index (κ1) is 19.4. The van der Waals surface area contributed by atoms with Crippen molar-refractivity contribution in [3.63, 3.8) is 0 Å². The van der Waals surface area contributed by atoms with Crippen LogP contribution in [-0.4, -0.2) is 16.2 Å². The van der Waals surface area contributed by atoms with Gasteiger partial charge in [-0.25, -0.2) is 4.79 Å². The van der Waals surface area contributed by atoms with Crippen molar-refractivity contribution in [2.75, 3.05) is 0 Å². The minimum Gasteiger partial charge on any atom is -0.511 e. The number of ether oxygens (including phenoxy) is 1. The minimum absolute atomic E-state index is 0.00683. The third-order valence-electron chi connectivity index (χ3n) is 4.76. The lowest BCUT2D eigenvalue weighted by Crippen LogP contribution is -2.38. The number of aliphatic hydroxyl groups excluding tert-OH is 1. The van der Waals surface area contributed by atoms with Crippen molar-refractivity contribution in [2.24, 2.45) is 0 Å². The highest BCUT2D eigenvalue weighted by Crippen LogP contribution is 2.48. The maximum absolute atomic E-state index is 13.0. The second-order valence-electron chi connectivity index (χ2n) is 6.58. The summed E-state index contributed by atoms with van der Waals surface area (Å²) < 4.78 is 5.94. The number of phenolic OH excluding ortho intramolecular Hbond substituents is 1. The van der Waals surface area contributed by atoms with Crippen molar-refractivity contribution in [1.82, 2.24) is 0 Å². The molecule has 0 amide bonds. The first-order valence-corrected chi connectivity index (χ1v) is 10.1. The Labute approximate surface area is 177 Å². The number of rotatable bonds is 4. The van der Waals surface area contributed by atoms with Crippen LogP contribution in [0.15, 0.2) is 94.4 Å². The summed E-state index contributed by atoms with van der Waals surface area (Å²) in [5.41, 5.74) is -0.269. The van der Waals surface area contributed by atoms with Crippen LogP contribution in [0.25, 0.3) is 0 Å². The molecule has 0 saturated heterocycles. The highest BCUT2D eigenvalue weighted by molar-refractivity contribution is 8.04. The number of phenols is 1. The molecule has 6 heteroatoms. The summed E-state index contributed by atoms with van der Waals surface area (Å²) in [5, 5.41) is 21.8. The fourth-order valence-electron chi connectivity index (χ4n) is 3.40. The molecule has 29 heavy (non-hydrogen) atoms. The Balaban J connectivity index is 1.82. The largest absolute Gasteiger partial charge is 0.511 e. The van der Waals surface area contributed by atoms with Crippen molar-refractivity contribution >= 4 is 29.3 Å². The molecule has 146 valence electrons. The Morgan fingerprint density at radius 2 is 1.55 bits per heavy atom. The number of cyclic esters (lactones) is 1.